The Morgan fingerprint density at radius 3 is 1.90 bits per heavy atom. The number of aromatic hydroxyl groups is 2. The summed E-state index contributed by atoms with van der Waals surface area (Å²) in [5, 5.41) is 50.1. The zero-order valence-electron chi connectivity index (χ0n) is 41.5. The van der Waals surface area contributed by atoms with Crippen LogP contribution >= 0.6 is 0 Å². The summed E-state index contributed by atoms with van der Waals surface area (Å²) in [5.41, 5.74) is 1.06. The molecule has 1 aliphatic heterocycles. The van der Waals surface area contributed by atoms with Gasteiger partial charge in [0, 0.05) is 69.2 Å². The lowest BCUT2D eigenvalue weighted by molar-refractivity contribution is -0.142. The molecule has 5 amide bonds. The van der Waals surface area contributed by atoms with Gasteiger partial charge < -0.3 is 46.1 Å². The quantitative estimate of drug-likeness (QED) is 0.0445. The number of hydrogen-bond acceptors (Lipinski definition) is 11. The minimum Gasteiger partial charge on any atom is -0.507 e. The highest BCUT2D eigenvalue weighted by atomic mass is 16.3. The Balaban J connectivity index is 1.65. The Labute approximate surface area is 403 Å². The van der Waals surface area contributed by atoms with Crippen LogP contribution in [0.15, 0.2) is 36.4 Å². The molecule has 376 valence electrons. The number of aliphatic hydroxyl groups is 1. The van der Waals surface area contributed by atoms with Crippen molar-refractivity contribution in [2.45, 2.75) is 180 Å². The second-order valence-electron chi connectivity index (χ2n) is 18.8. The van der Waals surface area contributed by atoms with E-state index in [-0.39, 0.29) is 66.2 Å². The Hall–Kier alpha value is -5.29. The number of carbonyl (C=O) groups is 7. The normalized spacial score (nSPS) is 17.5. The highest BCUT2D eigenvalue weighted by Crippen LogP contribution is 2.39. The van der Waals surface area contributed by atoms with E-state index in [1.165, 1.54) is 122 Å². The van der Waals surface area contributed by atoms with E-state index in [0.717, 1.165) is 24.2 Å². The molecule has 0 aromatic heterocycles. The maximum Gasteiger partial charge on any atom is 0.308 e. The molecule has 1 aliphatic rings. The average molecular weight is 948 g/mol. The van der Waals surface area contributed by atoms with E-state index in [1.807, 2.05) is 0 Å². The number of hydrogen-bond donors (Lipinski definition) is 7. The predicted octanol–water partition coefficient (Wildman–Crippen LogP) is 5.71. The number of nitrogens with one attached hydrogen (secondary N) is 3. The standard InChI is InChI=1S/C51H78BN5O11/c1-8-9-10-11-12-13-14-15-16-17-18-19-20-21-46(63)56(6)41(32-58)51(67)53-34(3)42(59)26-27-47(64)57(7)48-37-23-25-44(61)39(31-37)38-29-36(22-24-43(38)60)30-40(50(66)54-35(4)52(5)68)55-49(65)33(2)28-45(48)62/h22-25,29,31,33-35,40-41,48,58,60-61,68H,8-21,26-28,30,32H2,1-7H3,(H,53,67)(H,54,66)(H,55,65)/t33-,34-,35+,40+,41-,48+/m1/s1. The molecule has 6 atom stereocenters. The van der Waals surface area contributed by atoms with Crippen LogP contribution in [0.25, 0.3) is 11.1 Å². The summed E-state index contributed by atoms with van der Waals surface area (Å²) >= 11 is 0. The summed E-state index contributed by atoms with van der Waals surface area (Å²) in [5.74, 6) is -6.01. The first-order valence-electron chi connectivity index (χ1n) is 24.7. The van der Waals surface area contributed by atoms with Gasteiger partial charge in [0.1, 0.15) is 29.6 Å². The van der Waals surface area contributed by atoms with Gasteiger partial charge in [-0.05, 0) is 55.7 Å². The lowest BCUT2D eigenvalue weighted by Gasteiger charge is -2.30. The molecule has 2 aromatic carbocycles. The van der Waals surface area contributed by atoms with Gasteiger partial charge in [0.05, 0.1) is 12.6 Å². The van der Waals surface area contributed by atoms with Crippen molar-refractivity contribution in [2.24, 2.45) is 5.92 Å². The van der Waals surface area contributed by atoms with Crippen molar-refractivity contribution in [3.8, 4) is 22.6 Å². The molecule has 3 rings (SSSR count). The van der Waals surface area contributed by atoms with Crippen molar-refractivity contribution >= 4 is 48.0 Å². The monoisotopic (exact) mass is 948 g/mol. The van der Waals surface area contributed by atoms with E-state index < -0.39 is 84.7 Å². The number of amides is 5. The molecule has 4 bridgehead atoms. The summed E-state index contributed by atoms with van der Waals surface area (Å²) in [7, 11) is 2.82. The van der Waals surface area contributed by atoms with Crippen molar-refractivity contribution in [1.82, 2.24) is 25.8 Å². The number of carbonyl (C=O) groups excluding carboxylic acids is 7. The van der Waals surface area contributed by atoms with Crippen molar-refractivity contribution < 1.29 is 53.9 Å². The molecule has 0 saturated carbocycles. The second-order valence-corrected chi connectivity index (χ2v) is 18.8. The predicted molar refractivity (Wildman–Crippen MR) is 262 cm³/mol. The number of likely N-dealkylation sites (N-methyl/N-ethyl adjacent to an activating group) is 2. The minimum absolute atomic E-state index is 0.0301. The van der Waals surface area contributed by atoms with Crippen LogP contribution in [0.2, 0.25) is 6.82 Å². The van der Waals surface area contributed by atoms with E-state index in [2.05, 4.69) is 22.9 Å². The minimum atomic E-state index is -1.32. The lowest BCUT2D eigenvalue weighted by Crippen LogP contribution is -2.54. The Morgan fingerprint density at radius 1 is 0.765 bits per heavy atom. The van der Waals surface area contributed by atoms with Crippen LogP contribution in [0.1, 0.15) is 154 Å². The largest absolute Gasteiger partial charge is 0.507 e. The number of ketones is 2. The van der Waals surface area contributed by atoms with Gasteiger partial charge in [0.15, 0.2) is 11.6 Å². The van der Waals surface area contributed by atoms with E-state index in [1.54, 1.807) is 19.1 Å². The number of Topliss-reactive ketones (excluding diaryl/α,β-unsaturated/α-hetero) is 2. The molecule has 0 saturated heterocycles. The molecule has 68 heavy (non-hydrogen) atoms. The number of rotatable bonds is 26. The van der Waals surface area contributed by atoms with E-state index in [9.17, 15) is 53.9 Å². The van der Waals surface area contributed by atoms with Crippen molar-refractivity contribution in [2.75, 3.05) is 20.7 Å². The lowest BCUT2D eigenvalue weighted by atomic mass is 9.64. The van der Waals surface area contributed by atoms with Crippen molar-refractivity contribution in [3.05, 3.63) is 47.5 Å². The fourth-order valence-electron chi connectivity index (χ4n) is 8.38. The van der Waals surface area contributed by atoms with Crippen molar-refractivity contribution in [3.63, 3.8) is 0 Å². The third kappa shape index (κ3) is 17.7. The van der Waals surface area contributed by atoms with E-state index in [4.69, 9.17) is 0 Å². The third-order valence-corrected chi connectivity index (χ3v) is 13.2. The summed E-state index contributed by atoms with van der Waals surface area (Å²) in [6.07, 6.45) is 14.3. The zero-order valence-corrected chi connectivity index (χ0v) is 41.5. The van der Waals surface area contributed by atoms with Crippen LogP contribution in [0.4, 0.5) is 0 Å². The number of fused-ring (bicyclic) bond motifs is 5. The average Bonchev–Trinajstić information content (AvgIpc) is 3.30. The first-order chi connectivity index (χ1) is 32.3. The molecule has 0 fully saturated rings. The Morgan fingerprint density at radius 2 is 1.32 bits per heavy atom. The number of phenolic OH excluding ortho intramolecular Hbond substituents is 2. The van der Waals surface area contributed by atoms with Gasteiger partial charge in [0.25, 0.3) is 0 Å². The smallest absolute Gasteiger partial charge is 0.308 e. The Bertz CT molecular complexity index is 2010. The number of phenols is 2. The van der Waals surface area contributed by atoms with Crippen molar-refractivity contribution in [1.29, 1.82) is 0 Å². The molecule has 0 unspecified atom stereocenters. The number of aliphatic hydroxyl groups excluding tert-OH is 1. The number of unbranched alkanes of at least 4 members (excludes halogenated alkanes) is 12. The first-order valence-corrected chi connectivity index (χ1v) is 24.7. The van der Waals surface area contributed by atoms with Gasteiger partial charge in [-0.2, -0.15) is 0 Å². The van der Waals surface area contributed by atoms with Gasteiger partial charge in [-0.1, -0.05) is 110 Å². The molecule has 0 radical (unpaired) electrons. The first kappa shape index (κ1) is 57.0. The highest BCUT2D eigenvalue weighted by molar-refractivity contribution is 6.50. The van der Waals surface area contributed by atoms with Crippen LogP contribution in [-0.4, -0.2) is 123 Å². The SMILES string of the molecule is CCCCCCCCCCCCCCCC(=O)N(C)[C@H](CO)C(=O)N[C@H](C)C(=O)CCC(=O)N(C)[C@@H]1C(=O)C[C@@H](C)C(=O)N[C@H](C(=O)N[C@@H](C)B(C)O)Cc2ccc(O)c(c2)-c2cc1ccc2O. The van der Waals surface area contributed by atoms with E-state index in [0.29, 0.717) is 12.0 Å². The fraction of sp³-hybridized carbons (Fsp3) is 0.627. The summed E-state index contributed by atoms with van der Waals surface area (Å²) in [6.45, 7) is 6.74. The summed E-state index contributed by atoms with van der Waals surface area (Å²) < 4.78 is 0. The molecule has 1 heterocycles. The summed E-state index contributed by atoms with van der Waals surface area (Å²) in [6, 6.07) is 3.96. The molecule has 2 aromatic rings. The molecule has 7 N–H and O–H groups in total. The van der Waals surface area contributed by atoms with Gasteiger partial charge in [0.2, 0.25) is 29.5 Å². The third-order valence-electron chi connectivity index (χ3n) is 13.2. The molecule has 17 heteroatoms. The van der Waals surface area contributed by atoms with Crippen LogP contribution < -0.4 is 16.0 Å². The van der Waals surface area contributed by atoms with Gasteiger partial charge >= 0.3 is 6.92 Å². The van der Waals surface area contributed by atoms with Crippen LogP contribution in [0.5, 0.6) is 11.5 Å². The van der Waals surface area contributed by atoms with Crippen LogP contribution in [0, 0.1) is 5.92 Å². The number of benzene rings is 2. The highest BCUT2D eigenvalue weighted by Gasteiger charge is 2.35. The van der Waals surface area contributed by atoms with Crippen LogP contribution in [-0.2, 0) is 40.0 Å². The molecular formula is C51H78BN5O11. The zero-order chi connectivity index (χ0) is 50.5. The topological polar surface area (TPSA) is 243 Å². The van der Waals surface area contributed by atoms with Gasteiger partial charge in [-0.15, -0.1) is 0 Å². The van der Waals surface area contributed by atoms with Crippen LogP contribution in [0.3, 0.4) is 0 Å². The Kier molecular flexibility index (Phi) is 24.2. The molecular weight excluding hydrogens is 869 g/mol. The second kappa shape index (κ2) is 28.9. The fourth-order valence-corrected chi connectivity index (χ4v) is 8.38. The molecule has 16 nitrogen and oxygen atoms in total. The maximum absolute atomic E-state index is 14.2. The van der Waals surface area contributed by atoms with Gasteiger partial charge in [-0.3, -0.25) is 33.6 Å². The van der Waals surface area contributed by atoms with Gasteiger partial charge in [-0.25, -0.2) is 0 Å². The van der Waals surface area contributed by atoms with E-state index >= 15 is 0 Å². The molecule has 0 spiro atoms. The number of nitrogens with zero attached hydrogens (tertiary/aromatic N) is 2. The summed E-state index contributed by atoms with van der Waals surface area (Å²) in [4.78, 5) is 97.0. The maximum atomic E-state index is 14.2. The molecule has 0 aliphatic carbocycles.